The molecule has 0 bridgehead atoms. The Labute approximate surface area is 199 Å². The van der Waals surface area contributed by atoms with Crippen LogP contribution in [-0.2, 0) is 14.3 Å². The fourth-order valence-electron chi connectivity index (χ4n) is 4.58. The summed E-state index contributed by atoms with van der Waals surface area (Å²) in [6, 6.07) is 10.8. The van der Waals surface area contributed by atoms with Crippen LogP contribution in [-0.4, -0.2) is 78.2 Å². The molecule has 0 saturated carbocycles. The van der Waals surface area contributed by atoms with Crippen LogP contribution < -0.4 is 4.74 Å². The van der Waals surface area contributed by atoms with Gasteiger partial charge in [0.25, 0.3) is 11.7 Å². The van der Waals surface area contributed by atoms with E-state index in [0.717, 1.165) is 25.2 Å². The summed E-state index contributed by atoms with van der Waals surface area (Å²) in [5.74, 6) is -0.844. The van der Waals surface area contributed by atoms with Crippen LogP contribution in [0.1, 0.15) is 29.2 Å². The van der Waals surface area contributed by atoms with Crippen molar-refractivity contribution >= 4 is 17.4 Å². The van der Waals surface area contributed by atoms with E-state index >= 15 is 0 Å². The number of Topliss-reactive ketones (excluding diaryl/α,β-unsaturated/α-hetero) is 1. The molecule has 0 aromatic heterocycles. The summed E-state index contributed by atoms with van der Waals surface area (Å²) in [7, 11) is 1.56. The van der Waals surface area contributed by atoms with E-state index in [4.69, 9.17) is 9.47 Å². The third kappa shape index (κ3) is 4.78. The van der Waals surface area contributed by atoms with Crippen molar-refractivity contribution in [2.75, 3.05) is 46.5 Å². The van der Waals surface area contributed by atoms with Crippen molar-refractivity contribution in [1.29, 1.82) is 0 Å². The molecule has 2 aliphatic heterocycles. The van der Waals surface area contributed by atoms with Crippen molar-refractivity contribution in [3.05, 3.63) is 64.7 Å². The van der Waals surface area contributed by atoms with Gasteiger partial charge in [0.2, 0.25) is 0 Å². The molecule has 2 saturated heterocycles. The molecule has 0 radical (unpaired) electrons. The number of methoxy groups -OCH3 is 1. The summed E-state index contributed by atoms with van der Waals surface area (Å²) in [6.45, 7) is 6.04. The maximum atomic E-state index is 13.2. The predicted octanol–water partition coefficient (Wildman–Crippen LogP) is 2.85. The van der Waals surface area contributed by atoms with Crippen LogP contribution in [0.15, 0.2) is 48.0 Å². The Hall–Kier alpha value is -3.36. The standard InChI is InChI=1S/C26H30N2O6/c1-17-16-20(33-2)8-9-21(17)24(30)22-23(18-4-6-19(29)7-5-18)28(26(32)25(22)31)11-3-10-27-12-14-34-15-13-27/h4-9,16,23,29-30H,3,10-15H2,1-2H3/b24-22+/t23-/m0/s1. The Kier molecular flexibility index (Phi) is 7.19. The summed E-state index contributed by atoms with van der Waals surface area (Å²) < 4.78 is 10.6. The molecule has 180 valence electrons. The molecule has 4 rings (SSSR count). The number of aliphatic hydroxyl groups excluding tert-OH is 1. The van der Waals surface area contributed by atoms with E-state index in [2.05, 4.69) is 4.90 Å². The summed E-state index contributed by atoms with van der Waals surface area (Å²) in [5, 5.41) is 21.0. The Morgan fingerprint density at radius 3 is 2.44 bits per heavy atom. The lowest BCUT2D eigenvalue weighted by Crippen LogP contribution is -2.38. The van der Waals surface area contributed by atoms with Crippen LogP contribution in [0.5, 0.6) is 11.5 Å². The first-order valence-corrected chi connectivity index (χ1v) is 11.4. The zero-order chi connectivity index (χ0) is 24.2. The number of aromatic hydroxyl groups is 1. The molecule has 1 atom stereocenters. The molecule has 2 N–H and O–H groups in total. The van der Waals surface area contributed by atoms with Gasteiger partial charge in [0.15, 0.2) is 0 Å². The number of hydrogen-bond donors (Lipinski definition) is 2. The summed E-state index contributed by atoms with van der Waals surface area (Å²) >= 11 is 0. The molecular weight excluding hydrogens is 436 g/mol. The molecule has 34 heavy (non-hydrogen) atoms. The number of amides is 1. The van der Waals surface area contributed by atoms with Crippen molar-refractivity contribution in [2.24, 2.45) is 0 Å². The SMILES string of the molecule is COc1ccc(/C(O)=C2\C(=O)C(=O)N(CCCN3CCOCC3)[C@H]2c2ccc(O)cc2)c(C)c1. The number of rotatable bonds is 7. The topological polar surface area (TPSA) is 99.5 Å². The second-order valence-electron chi connectivity index (χ2n) is 8.57. The number of carbonyl (C=O) groups is 2. The third-order valence-corrected chi connectivity index (χ3v) is 6.41. The number of carbonyl (C=O) groups excluding carboxylic acids is 2. The van der Waals surface area contributed by atoms with Gasteiger partial charge < -0.3 is 24.6 Å². The average molecular weight is 467 g/mol. The van der Waals surface area contributed by atoms with Crippen LogP contribution in [0.25, 0.3) is 5.76 Å². The Bertz CT molecular complexity index is 1090. The Morgan fingerprint density at radius 2 is 1.79 bits per heavy atom. The van der Waals surface area contributed by atoms with Crippen LogP contribution in [0.4, 0.5) is 0 Å². The van der Waals surface area contributed by atoms with Crippen molar-refractivity contribution in [2.45, 2.75) is 19.4 Å². The highest BCUT2D eigenvalue weighted by Crippen LogP contribution is 2.40. The van der Waals surface area contributed by atoms with Crippen molar-refractivity contribution in [3.63, 3.8) is 0 Å². The maximum absolute atomic E-state index is 13.2. The number of ketones is 1. The lowest BCUT2D eigenvalue weighted by atomic mass is 9.93. The average Bonchev–Trinajstić information content (AvgIpc) is 3.09. The van der Waals surface area contributed by atoms with Crippen LogP contribution in [0.3, 0.4) is 0 Å². The summed E-state index contributed by atoms with van der Waals surface area (Å²) in [4.78, 5) is 30.1. The van der Waals surface area contributed by atoms with Gasteiger partial charge >= 0.3 is 0 Å². The molecule has 8 heteroatoms. The number of morpholine rings is 1. The quantitative estimate of drug-likeness (QED) is 0.368. The van der Waals surface area contributed by atoms with Gasteiger partial charge in [0, 0.05) is 31.7 Å². The Balaban J connectivity index is 1.69. The fourth-order valence-corrected chi connectivity index (χ4v) is 4.58. The zero-order valence-corrected chi connectivity index (χ0v) is 19.5. The first-order valence-electron chi connectivity index (χ1n) is 11.4. The third-order valence-electron chi connectivity index (χ3n) is 6.41. The molecular formula is C26H30N2O6. The van der Waals surface area contributed by atoms with E-state index in [9.17, 15) is 19.8 Å². The van der Waals surface area contributed by atoms with Gasteiger partial charge in [-0.05, 0) is 54.8 Å². The van der Waals surface area contributed by atoms with Crippen molar-refractivity contribution < 1.29 is 29.3 Å². The van der Waals surface area contributed by atoms with E-state index in [1.165, 1.54) is 17.0 Å². The minimum absolute atomic E-state index is 0.0512. The first kappa shape index (κ1) is 23.8. The number of benzene rings is 2. The van der Waals surface area contributed by atoms with Gasteiger partial charge in [0.05, 0.1) is 31.9 Å². The van der Waals surface area contributed by atoms with Gasteiger partial charge in [-0.25, -0.2) is 0 Å². The largest absolute Gasteiger partial charge is 0.508 e. The lowest BCUT2D eigenvalue weighted by Gasteiger charge is -2.29. The fraction of sp³-hybridized carbons (Fsp3) is 0.385. The van der Waals surface area contributed by atoms with Gasteiger partial charge in [-0.3, -0.25) is 14.5 Å². The zero-order valence-electron chi connectivity index (χ0n) is 19.5. The van der Waals surface area contributed by atoms with E-state index in [1.807, 2.05) is 6.92 Å². The number of phenolic OH excluding ortho intramolecular Hbond substituents is 1. The molecule has 2 heterocycles. The van der Waals surface area contributed by atoms with Gasteiger partial charge in [0.1, 0.15) is 17.3 Å². The second-order valence-corrected chi connectivity index (χ2v) is 8.57. The second kappa shape index (κ2) is 10.3. The van der Waals surface area contributed by atoms with E-state index in [0.29, 0.717) is 43.1 Å². The molecule has 0 aliphatic carbocycles. The highest BCUT2D eigenvalue weighted by molar-refractivity contribution is 6.46. The highest BCUT2D eigenvalue weighted by Gasteiger charge is 2.46. The van der Waals surface area contributed by atoms with Gasteiger partial charge in [-0.1, -0.05) is 12.1 Å². The molecule has 0 unspecified atom stereocenters. The number of aryl methyl sites for hydroxylation is 1. The monoisotopic (exact) mass is 466 g/mol. The molecule has 1 amide bonds. The van der Waals surface area contributed by atoms with Gasteiger partial charge in [-0.15, -0.1) is 0 Å². The van der Waals surface area contributed by atoms with Crippen LogP contribution in [0.2, 0.25) is 0 Å². The molecule has 2 aromatic carbocycles. The first-order chi connectivity index (χ1) is 16.4. The highest BCUT2D eigenvalue weighted by atomic mass is 16.5. The van der Waals surface area contributed by atoms with Crippen LogP contribution >= 0.6 is 0 Å². The molecule has 2 fully saturated rings. The number of aliphatic hydroxyl groups is 1. The minimum Gasteiger partial charge on any atom is -0.508 e. The molecule has 8 nitrogen and oxygen atoms in total. The normalized spacial score (nSPS) is 20.6. The summed E-state index contributed by atoms with van der Waals surface area (Å²) in [6.07, 6.45) is 0.684. The number of likely N-dealkylation sites (tertiary alicyclic amines) is 1. The van der Waals surface area contributed by atoms with E-state index in [-0.39, 0.29) is 17.1 Å². The van der Waals surface area contributed by atoms with E-state index in [1.54, 1.807) is 37.4 Å². The van der Waals surface area contributed by atoms with E-state index < -0.39 is 17.7 Å². The number of phenols is 1. The number of nitrogens with zero attached hydrogens (tertiary/aromatic N) is 2. The predicted molar refractivity (Wildman–Crippen MR) is 127 cm³/mol. The smallest absolute Gasteiger partial charge is 0.295 e. The minimum atomic E-state index is -0.744. The molecule has 2 aliphatic rings. The maximum Gasteiger partial charge on any atom is 0.295 e. The van der Waals surface area contributed by atoms with Crippen molar-refractivity contribution in [3.8, 4) is 11.5 Å². The Morgan fingerprint density at radius 1 is 1.09 bits per heavy atom. The van der Waals surface area contributed by atoms with Gasteiger partial charge in [-0.2, -0.15) is 0 Å². The summed E-state index contributed by atoms with van der Waals surface area (Å²) in [5.41, 5.74) is 1.89. The number of hydrogen-bond acceptors (Lipinski definition) is 7. The molecule has 2 aromatic rings. The molecule has 0 spiro atoms. The van der Waals surface area contributed by atoms with Crippen LogP contribution in [0, 0.1) is 6.92 Å². The van der Waals surface area contributed by atoms with Crippen molar-refractivity contribution in [1.82, 2.24) is 9.80 Å². The number of ether oxygens (including phenoxy) is 2. The lowest BCUT2D eigenvalue weighted by molar-refractivity contribution is -0.140.